The molecule has 1 amide bonds. The third-order valence-electron chi connectivity index (χ3n) is 4.94. The molecule has 3 aromatic rings. The Bertz CT molecular complexity index is 1100. The molecule has 6 nitrogen and oxygen atoms in total. The van der Waals surface area contributed by atoms with Gasteiger partial charge in [-0.15, -0.1) is 0 Å². The van der Waals surface area contributed by atoms with Crippen molar-refractivity contribution < 1.29 is 18.0 Å². The number of carbonyl (C=O) groups is 1. The summed E-state index contributed by atoms with van der Waals surface area (Å²) < 4.78 is 42.2. The summed E-state index contributed by atoms with van der Waals surface area (Å²) in [5, 5.41) is 10.1. The van der Waals surface area contributed by atoms with Crippen LogP contribution >= 0.6 is 23.2 Å². The van der Waals surface area contributed by atoms with Crippen molar-refractivity contribution in [2.24, 2.45) is 0 Å². The van der Waals surface area contributed by atoms with Crippen molar-refractivity contribution in [1.29, 1.82) is 0 Å². The minimum atomic E-state index is -4.55. The first-order valence-corrected chi connectivity index (χ1v) is 10.0. The zero-order valence-corrected chi connectivity index (χ0v) is 17.3. The van der Waals surface area contributed by atoms with Crippen LogP contribution in [-0.4, -0.2) is 26.8 Å². The molecular weight excluding hydrogens is 454 g/mol. The van der Waals surface area contributed by atoms with E-state index in [0.29, 0.717) is 10.6 Å². The number of alkyl halides is 3. The van der Waals surface area contributed by atoms with Gasteiger partial charge in [0.15, 0.2) is 11.7 Å². The molecule has 0 saturated heterocycles. The van der Waals surface area contributed by atoms with Gasteiger partial charge in [-0.3, -0.25) is 9.78 Å². The van der Waals surface area contributed by atoms with E-state index < -0.39 is 24.2 Å². The Morgan fingerprint density at radius 2 is 2.03 bits per heavy atom. The SMILES string of the molecule is O=C(NCc1cccnc1)c1cc2n(n1)[C@@H](C(F)(F)F)C[C@@H](c1ccc(Cl)c(Cl)c1)N2. The fraction of sp³-hybridized carbons (Fsp3) is 0.250. The second-order valence-electron chi connectivity index (χ2n) is 7.07. The Kier molecular flexibility index (Phi) is 5.81. The Hall–Kier alpha value is -2.78. The highest BCUT2D eigenvalue weighted by atomic mass is 35.5. The lowest BCUT2D eigenvalue weighted by molar-refractivity contribution is -0.173. The monoisotopic (exact) mass is 469 g/mol. The summed E-state index contributed by atoms with van der Waals surface area (Å²) in [7, 11) is 0. The predicted molar refractivity (Wildman–Crippen MR) is 110 cm³/mol. The van der Waals surface area contributed by atoms with E-state index in [-0.39, 0.29) is 29.5 Å². The lowest BCUT2D eigenvalue weighted by Crippen LogP contribution is -2.35. The number of benzene rings is 1. The van der Waals surface area contributed by atoms with Gasteiger partial charge in [0, 0.05) is 31.4 Å². The number of rotatable bonds is 4. The molecule has 0 unspecified atom stereocenters. The van der Waals surface area contributed by atoms with Crippen molar-refractivity contribution in [1.82, 2.24) is 20.1 Å². The molecule has 11 heteroatoms. The minimum absolute atomic E-state index is 0.0937. The molecule has 0 aliphatic carbocycles. The van der Waals surface area contributed by atoms with Crippen LogP contribution in [-0.2, 0) is 6.54 Å². The average molecular weight is 470 g/mol. The summed E-state index contributed by atoms with van der Waals surface area (Å²) in [5.41, 5.74) is 1.19. The van der Waals surface area contributed by atoms with Gasteiger partial charge < -0.3 is 10.6 Å². The number of pyridine rings is 1. The number of amides is 1. The van der Waals surface area contributed by atoms with Gasteiger partial charge in [0.25, 0.3) is 5.91 Å². The average Bonchev–Trinajstić information content (AvgIpc) is 3.17. The van der Waals surface area contributed by atoms with E-state index in [1.165, 1.54) is 18.2 Å². The molecule has 0 radical (unpaired) electrons. The van der Waals surface area contributed by atoms with Crippen LogP contribution in [0.1, 0.15) is 40.1 Å². The normalized spacial score (nSPS) is 18.2. The van der Waals surface area contributed by atoms with Gasteiger partial charge in [0.05, 0.1) is 16.1 Å². The van der Waals surface area contributed by atoms with E-state index >= 15 is 0 Å². The molecule has 2 aromatic heterocycles. The molecule has 0 spiro atoms. The van der Waals surface area contributed by atoms with Crippen LogP contribution in [0.5, 0.6) is 0 Å². The van der Waals surface area contributed by atoms with Crippen molar-refractivity contribution in [3.8, 4) is 0 Å². The van der Waals surface area contributed by atoms with E-state index in [2.05, 4.69) is 20.7 Å². The third kappa shape index (κ3) is 4.62. The number of anilines is 1. The number of carbonyl (C=O) groups excluding carboxylic acids is 1. The summed E-state index contributed by atoms with van der Waals surface area (Å²) in [6.45, 7) is 0.177. The molecule has 3 heterocycles. The lowest BCUT2D eigenvalue weighted by Gasteiger charge is -2.33. The van der Waals surface area contributed by atoms with Crippen LogP contribution in [0.4, 0.5) is 19.0 Å². The van der Waals surface area contributed by atoms with Crippen LogP contribution < -0.4 is 10.6 Å². The summed E-state index contributed by atoms with van der Waals surface area (Å²) >= 11 is 12.0. The quantitative estimate of drug-likeness (QED) is 0.552. The number of nitrogens with one attached hydrogen (secondary N) is 2. The predicted octanol–water partition coefficient (Wildman–Crippen LogP) is 5.18. The van der Waals surface area contributed by atoms with Crippen LogP contribution in [0.15, 0.2) is 48.8 Å². The molecule has 0 bridgehead atoms. The Labute approximate surface area is 185 Å². The first-order chi connectivity index (χ1) is 14.7. The molecule has 0 fully saturated rings. The molecule has 2 N–H and O–H groups in total. The van der Waals surface area contributed by atoms with Crippen molar-refractivity contribution in [3.63, 3.8) is 0 Å². The van der Waals surface area contributed by atoms with Gasteiger partial charge in [-0.25, -0.2) is 4.68 Å². The Morgan fingerprint density at radius 1 is 1.23 bits per heavy atom. The number of halogens is 5. The van der Waals surface area contributed by atoms with Crippen LogP contribution in [0.3, 0.4) is 0 Å². The molecule has 4 rings (SSSR count). The fourth-order valence-corrected chi connectivity index (χ4v) is 3.71. The maximum atomic E-state index is 13.8. The molecule has 162 valence electrons. The van der Waals surface area contributed by atoms with Gasteiger partial charge >= 0.3 is 6.18 Å². The molecule has 1 aromatic carbocycles. The molecule has 1 aliphatic rings. The zero-order valence-electron chi connectivity index (χ0n) is 15.8. The van der Waals surface area contributed by atoms with Gasteiger partial charge in [0.2, 0.25) is 0 Å². The molecule has 0 saturated carbocycles. The van der Waals surface area contributed by atoms with E-state index in [9.17, 15) is 18.0 Å². The third-order valence-corrected chi connectivity index (χ3v) is 5.68. The van der Waals surface area contributed by atoms with E-state index in [4.69, 9.17) is 23.2 Å². The van der Waals surface area contributed by atoms with Crippen LogP contribution in [0, 0.1) is 0 Å². The van der Waals surface area contributed by atoms with Crippen molar-refractivity contribution in [2.75, 3.05) is 5.32 Å². The maximum absolute atomic E-state index is 13.8. The number of fused-ring (bicyclic) bond motifs is 1. The molecular formula is C20H16Cl2F3N5O. The molecule has 1 aliphatic heterocycles. The number of hydrogen-bond acceptors (Lipinski definition) is 4. The molecule has 2 atom stereocenters. The fourth-order valence-electron chi connectivity index (χ4n) is 3.41. The second-order valence-corrected chi connectivity index (χ2v) is 7.88. The van der Waals surface area contributed by atoms with E-state index in [1.54, 1.807) is 30.6 Å². The molecule has 31 heavy (non-hydrogen) atoms. The van der Waals surface area contributed by atoms with Crippen molar-refractivity contribution in [2.45, 2.75) is 31.2 Å². The van der Waals surface area contributed by atoms with Crippen LogP contribution in [0.25, 0.3) is 0 Å². The van der Waals surface area contributed by atoms with Crippen molar-refractivity contribution in [3.05, 3.63) is 75.7 Å². The summed E-state index contributed by atoms with van der Waals surface area (Å²) in [4.78, 5) is 16.4. The first-order valence-electron chi connectivity index (χ1n) is 9.27. The highest BCUT2D eigenvalue weighted by molar-refractivity contribution is 6.42. The van der Waals surface area contributed by atoms with Gasteiger partial charge in [-0.2, -0.15) is 18.3 Å². The van der Waals surface area contributed by atoms with E-state index in [0.717, 1.165) is 10.2 Å². The Balaban J connectivity index is 1.59. The van der Waals surface area contributed by atoms with Crippen LogP contribution in [0.2, 0.25) is 10.0 Å². The Morgan fingerprint density at radius 3 is 2.71 bits per heavy atom. The second kappa shape index (κ2) is 8.39. The minimum Gasteiger partial charge on any atom is -0.363 e. The topological polar surface area (TPSA) is 71.8 Å². The summed E-state index contributed by atoms with van der Waals surface area (Å²) in [5.74, 6) is -0.490. The number of hydrogen-bond donors (Lipinski definition) is 2. The smallest absolute Gasteiger partial charge is 0.363 e. The van der Waals surface area contributed by atoms with Gasteiger partial charge in [-0.05, 0) is 29.3 Å². The van der Waals surface area contributed by atoms with Gasteiger partial charge in [-0.1, -0.05) is 35.3 Å². The maximum Gasteiger partial charge on any atom is 0.410 e. The first kappa shape index (κ1) is 21.5. The number of nitrogens with zero attached hydrogens (tertiary/aromatic N) is 3. The summed E-state index contributed by atoms with van der Waals surface area (Å²) in [6.07, 6.45) is -1.68. The number of aromatic nitrogens is 3. The van der Waals surface area contributed by atoms with Gasteiger partial charge in [0.1, 0.15) is 5.82 Å². The highest BCUT2D eigenvalue weighted by Crippen LogP contribution is 2.44. The lowest BCUT2D eigenvalue weighted by atomic mass is 9.97. The van der Waals surface area contributed by atoms with Crippen molar-refractivity contribution >= 4 is 34.9 Å². The van der Waals surface area contributed by atoms with E-state index in [1.807, 2.05) is 0 Å². The highest BCUT2D eigenvalue weighted by Gasteiger charge is 2.46. The largest absolute Gasteiger partial charge is 0.410 e. The summed E-state index contributed by atoms with van der Waals surface area (Å²) in [6, 6.07) is 6.90. The standard InChI is InChI=1S/C20H16Cl2F3N5O/c21-13-4-3-12(6-14(13)22)15-7-17(20(23,24)25)30-18(28-15)8-16(29-30)19(31)27-10-11-2-1-5-26-9-11/h1-6,8-9,15,17,28H,7,10H2,(H,27,31)/t15-,17+/m0/s1. The zero-order chi connectivity index (χ0) is 22.2.